The molecule has 0 aliphatic heterocycles. The lowest BCUT2D eigenvalue weighted by Gasteiger charge is -2.15. The molecule has 0 N–H and O–H groups in total. The zero-order chi connectivity index (χ0) is 8.48. The molecule has 64 valence electrons. The van der Waals surface area contributed by atoms with Crippen LogP contribution >= 0.6 is 0 Å². The SMILES string of the molecule is C/C=C/CN(C)C1CC1(C)C. The lowest BCUT2D eigenvalue weighted by atomic mass is 10.2. The van der Waals surface area contributed by atoms with E-state index < -0.39 is 0 Å². The largest absolute Gasteiger partial charge is 0.299 e. The monoisotopic (exact) mass is 153 g/mol. The summed E-state index contributed by atoms with van der Waals surface area (Å²) < 4.78 is 0. The molecule has 1 saturated carbocycles. The van der Waals surface area contributed by atoms with E-state index in [4.69, 9.17) is 0 Å². The van der Waals surface area contributed by atoms with Crippen molar-refractivity contribution in [1.29, 1.82) is 0 Å². The van der Waals surface area contributed by atoms with Crippen LogP contribution < -0.4 is 0 Å². The van der Waals surface area contributed by atoms with Crippen molar-refractivity contribution in [2.45, 2.75) is 33.2 Å². The van der Waals surface area contributed by atoms with Crippen LogP contribution in [0, 0.1) is 5.41 Å². The van der Waals surface area contributed by atoms with Gasteiger partial charge in [-0.15, -0.1) is 0 Å². The zero-order valence-corrected chi connectivity index (χ0v) is 8.09. The molecule has 0 saturated heterocycles. The Labute approximate surface area is 70.1 Å². The van der Waals surface area contributed by atoms with E-state index in [0.29, 0.717) is 5.41 Å². The first-order chi connectivity index (χ1) is 5.08. The van der Waals surface area contributed by atoms with Gasteiger partial charge in [-0.3, -0.25) is 4.90 Å². The van der Waals surface area contributed by atoms with E-state index in [1.54, 1.807) is 0 Å². The molecule has 0 bridgehead atoms. The Hall–Kier alpha value is -0.300. The van der Waals surface area contributed by atoms with Crippen molar-refractivity contribution in [2.75, 3.05) is 13.6 Å². The Morgan fingerprint density at radius 3 is 2.45 bits per heavy atom. The Morgan fingerprint density at radius 1 is 1.55 bits per heavy atom. The number of likely N-dealkylation sites (N-methyl/N-ethyl adjacent to an activating group) is 1. The number of rotatable bonds is 3. The summed E-state index contributed by atoms with van der Waals surface area (Å²) in [5.74, 6) is 0. The summed E-state index contributed by atoms with van der Waals surface area (Å²) >= 11 is 0. The maximum atomic E-state index is 2.43. The standard InChI is InChI=1S/C10H19N/c1-5-6-7-11(4)9-8-10(9,2)3/h5-6,9H,7-8H2,1-4H3/b6-5+. The number of hydrogen-bond donors (Lipinski definition) is 0. The topological polar surface area (TPSA) is 3.24 Å². The predicted octanol–water partition coefficient (Wildman–Crippen LogP) is 2.29. The fourth-order valence-corrected chi connectivity index (χ4v) is 1.59. The number of hydrogen-bond acceptors (Lipinski definition) is 1. The molecular formula is C10H19N. The van der Waals surface area contributed by atoms with E-state index in [0.717, 1.165) is 12.6 Å². The molecule has 0 heterocycles. The minimum atomic E-state index is 0.580. The second kappa shape index (κ2) is 2.98. The lowest BCUT2D eigenvalue weighted by molar-refractivity contribution is 0.316. The van der Waals surface area contributed by atoms with Crippen LogP contribution in [-0.4, -0.2) is 24.5 Å². The highest BCUT2D eigenvalue weighted by molar-refractivity contribution is 5.03. The fraction of sp³-hybridized carbons (Fsp3) is 0.800. The molecule has 1 unspecified atom stereocenters. The van der Waals surface area contributed by atoms with E-state index in [1.165, 1.54) is 6.42 Å². The van der Waals surface area contributed by atoms with Crippen LogP contribution in [-0.2, 0) is 0 Å². The number of allylic oxidation sites excluding steroid dienone is 1. The first-order valence-corrected chi connectivity index (χ1v) is 4.39. The van der Waals surface area contributed by atoms with Crippen molar-refractivity contribution in [3.8, 4) is 0 Å². The highest BCUT2D eigenvalue weighted by Gasteiger charge is 2.47. The minimum absolute atomic E-state index is 0.580. The summed E-state index contributed by atoms with van der Waals surface area (Å²) in [6.07, 6.45) is 5.70. The van der Waals surface area contributed by atoms with Gasteiger partial charge in [0, 0.05) is 12.6 Å². The van der Waals surface area contributed by atoms with Gasteiger partial charge in [-0.2, -0.15) is 0 Å². The molecule has 11 heavy (non-hydrogen) atoms. The Bertz CT molecular complexity index is 158. The van der Waals surface area contributed by atoms with Crippen molar-refractivity contribution in [3.05, 3.63) is 12.2 Å². The Balaban J connectivity index is 2.28. The minimum Gasteiger partial charge on any atom is -0.299 e. The molecule has 1 rings (SSSR count). The quantitative estimate of drug-likeness (QED) is 0.562. The molecule has 0 aromatic heterocycles. The van der Waals surface area contributed by atoms with Crippen molar-refractivity contribution in [1.82, 2.24) is 4.90 Å². The maximum absolute atomic E-state index is 2.43. The highest BCUT2D eigenvalue weighted by Crippen LogP contribution is 2.47. The van der Waals surface area contributed by atoms with Crippen LogP contribution in [0.1, 0.15) is 27.2 Å². The molecule has 0 radical (unpaired) electrons. The van der Waals surface area contributed by atoms with E-state index in [9.17, 15) is 0 Å². The van der Waals surface area contributed by atoms with E-state index in [-0.39, 0.29) is 0 Å². The van der Waals surface area contributed by atoms with Gasteiger partial charge in [-0.1, -0.05) is 26.0 Å². The predicted molar refractivity (Wildman–Crippen MR) is 49.6 cm³/mol. The average molecular weight is 153 g/mol. The van der Waals surface area contributed by atoms with Crippen LogP contribution in [0.5, 0.6) is 0 Å². The van der Waals surface area contributed by atoms with Crippen molar-refractivity contribution in [3.63, 3.8) is 0 Å². The van der Waals surface area contributed by atoms with Gasteiger partial charge in [-0.05, 0) is 25.8 Å². The second-order valence-corrected chi connectivity index (χ2v) is 4.22. The van der Waals surface area contributed by atoms with Gasteiger partial charge in [0.05, 0.1) is 0 Å². The van der Waals surface area contributed by atoms with Crippen LogP contribution in [0.25, 0.3) is 0 Å². The summed E-state index contributed by atoms with van der Waals surface area (Å²) in [4.78, 5) is 2.43. The number of nitrogens with zero attached hydrogens (tertiary/aromatic N) is 1. The van der Waals surface area contributed by atoms with Gasteiger partial charge in [0.2, 0.25) is 0 Å². The Kier molecular flexibility index (Phi) is 2.38. The van der Waals surface area contributed by atoms with Crippen LogP contribution in [0.2, 0.25) is 0 Å². The van der Waals surface area contributed by atoms with E-state index in [2.05, 4.69) is 44.9 Å². The smallest absolute Gasteiger partial charge is 0.0163 e. The van der Waals surface area contributed by atoms with Crippen molar-refractivity contribution in [2.24, 2.45) is 5.41 Å². The molecule has 1 aliphatic carbocycles. The lowest BCUT2D eigenvalue weighted by Crippen LogP contribution is -2.24. The summed E-state index contributed by atoms with van der Waals surface area (Å²) in [7, 11) is 2.21. The van der Waals surface area contributed by atoms with Crippen LogP contribution in [0.15, 0.2) is 12.2 Å². The first kappa shape index (κ1) is 8.79. The van der Waals surface area contributed by atoms with E-state index in [1.807, 2.05) is 0 Å². The summed E-state index contributed by atoms with van der Waals surface area (Å²) in [5.41, 5.74) is 0.580. The Morgan fingerprint density at radius 2 is 2.09 bits per heavy atom. The second-order valence-electron chi connectivity index (χ2n) is 4.22. The summed E-state index contributed by atoms with van der Waals surface area (Å²) in [5, 5.41) is 0. The molecular weight excluding hydrogens is 134 g/mol. The summed E-state index contributed by atoms with van der Waals surface area (Å²) in [6, 6.07) is 0.818. The normalized spacial score (nSPS) is 28.3. The van der Waals surface area contributed by atoms with E-state index >= 15 is 0 Å². The van der Waals surface area contributed by atoms with Gasteiger partial charge in [0.1, 0.15) is 0 Å². The third-order valence-electron chi connectivity index (χ3n) is 2.62. The highest BCUT2D eigenvalue weighted by atomic mass is 15.2. The van der Waals surface area contributed by atoms with Gasteiger partial charge in [0.15, 0.2) is 0 Å². The molecule has 0 aromatic rings. The maximum Gasteiger partial charge on any atom is 0.0163 e. The molecule has 1 atom stereocenters. The van der Waals surface area contributed by atoms with Gasteiger partial charge in [-0.25, -0.2) is 0 Å². The molecule has 0 spiro atoms. The molecule has 0 aromatic carbocycles. The fourth-order valence-electron chi connectivity index (χ4n) is 1.59. The van der Waals surface area contributed by atoms with Crippen LogP contribution in [0.3, 0.4) is 0 Å². The third kappa shape index (κ3) is 2.06. The zero-order valence-electron chi connectivity index (χ0n) is 8.09. The van der Waals surface area contributed by atoms with Gasteiger partial charge >= 0.3 is 0 Å². The first-order valence-electron chi connectivity index (χ1n) is 4.39. The molecule has 1 fully saturated rings. The average Bonchev–Trinajstić information content (AvgIpc) is 2.55. The molecule has 1 heteroatoms. The third-order valence-corrected chi connectivity index (χ3v) is 2.62. The summed E-state index contributed by atoms with van der Waals surface area (Å²) in [6.45, 7) is 7.85. The van der Waals surface area contributed by atoms with Crippen molar-refractivity contribution >= 4 is 0 Å². The van der Waals surface area contributed by atoms with Gasteiger partial charge < -0.3 is 0 Å². The van der Waals surface area contributed by atoms with Crippen LogP contribution in [0.4, 0.5) is 0 Å². The van der Waals surface area contributed by atoms with Crippen molar-refractivity contribution < 1.29 is 0 Å². The van der Waals surface area contributed by atoms with Gasteiger partial charge in [0.25, 0.3) is 0 Å². The molecule has 1 aliphatic rings. The molecule has 1 nitrogen and oxygen atoms in total. The molecule has 0 amide bonds.